The number of carboxylic acid groups (broad SMARTS) is 1. The number of hydrogen-bond acceptors (Lipinski definition) is 2. The van der Waals surface area contributed by atoms with E-state index in [1.165, 1.54) is 0 Å². The molecule has 1 heterocycles. The van der Waals surface area contributed by atoms with Crippen LogP contribution in [0, 0.1) is 6.92 Å². The van der Waals surface area contributed by atoms with Crippen molar-refractivity contribution in [3.05, 3.63) is 40.1 Å². The second-order valence-corrected chi connectivity index (χ2v) is 4.08. The van der Waals surface area contributed by atoms with Gasteiger partial charge in [0.1, 0.15) is 10.3 Å². The largest absolute Gasteiger partial charge is 0.477 e. The zero-order valence-corrected chi connectivity index (χ0v) is 9.58. The van der Waals surface area contributed by atoms with Gasteiger partial charge < -0.3 is 5.11 Å². The quantitative estimate of drug-likeness (QED) is 0.807. The zero-order valence-electron chi connectivity index (χ0n) is 7.99. The summed E-state index contributed by atoms with van der Waals surface area (Å²) in [6.07, 6.45) is 0. The maximum absolute atomic E-state index is 10.8. The molecule has 1 aromatic heterocycles. The van der Waals surface area contributed by atoms with Gasteiger partial charge in [0, 0.05) is 5.39 Å². The molecule has 0 saturated carbocycles. The van der Waals surface area contributed by atoms with Crippen LogP contribution in [0.1, 0.15) is 16.1 Å². The van der Waals surface area contributed by atoms with Crippen LogP contribution in [0.3, 0.4) is 0 Å². The summed E-state index contributed by atoms with van der Waals surface area (Å²) in [5.74, 6) is -1.02. The van der Waals surface area contributed by atoms with Gasteiger partial charge in [-0.15, -0.1) is 0 Å². The molecule has 3 nitrogen and oxygen atoms in total. The lowest BCUT2D eigenvalue weighted by atomic mass is 10.1. The van der Waals surface area contributed by atoms with Gasteiger partial charge >= 0.3 is 5.97 Å². The summed E-state index contributed by atoms with van der Waals surface area (Å²) >= 11 is 3.28. The van der Waals surface area contributed by atoms with E-state index in [4.69, 9.17) is 5.11 Å². The van der Waals surface area contributed by atoms with Crippen LogP contribution in [0.4, 0.5) is 0 Å². The van der Waals surface area contributed by atoms with Gasteiger partial charge in [-0.2, -0.15) is 0 Å². The average Bonchev–Trinajstić information content (AvgIpc) is 2.18. The summed E-state index contributed by atoms with van der Waals surface area (Å²) in [5, 5.41) is 10.6. The SMILES string of the molecule is Cc1ccc2cc(C(=O)O)nc(Br)c2c1. The molecule has 1 aromatic carbocycles. The second kappa shape index (κ2) is 3.62. The van der Waals surface area contributed by atoms with Crippen molar-refractivity contribution >= 4 is 32.7 Å². The van der Waals surface area contributed by atoms with Crippen molar-refractivity contribution in [3.63, 3.8) is 0 Å². The van der Waals surface area contributed by atoms with Crippen LogP contribution in [0.25, 0.3) is 10.8 Å². The van der Waals surface area contributed by atoms with Crippen molar-refractivity contribution in [2.45, 2.75) is 6.92 Å². The molecule has 2 rings (SSSR count). The molecular weight excluding hydrogens is 258 g/mol. The fraction of sp³-hybridized carbons (Fsp3) is 0.0909. The lowest BCUT2D eigenvalue weighted by Crippen LogP contribution is -2.00. The molecule has 0 bridgehead atoms. The summed E-state index contributed by atoms with van der Waals surface area (Å²) in [6.45, 7) is 1.98. The Morgan fingerprint density at radius 2 is 2.13 bits per heavy atom. The lowest BCUT2D eigenvalue weighted by Gasteiger charge is -2.03. The Morgan fingerprint density at radius 1 is 1.40 bits per heavy atom. The number of aromatic nitrogens is 1. The highest BCUT2D eigenvalue weighted by atomic mass is 79.9. The van der Waals surface area contributed by atoms with Crippen molar-refractivity contribution in [2.75, 3.05) is 0 Å². The van der Waals surface area contributed by atoms with E-state index in [-0.39, 0.29) is 5.69 Å². The molecule has 0 aliphatic carbocycles. The maximum atomic E-state index is 10.8. The topological polar surface area (TPSA) is 50.2 Å². The van der Waals surface area contributed by atoms with Crippen molar-refractivity contribution < 1.29 is 9.90 Å². The molecule has 0 radical (unpaired) electrons. The highest BCUT2D eigenvalue weighted by Gasteiger charge is 2.09. The molecular formula is C11H8BrNO2. The Bertz CT molecular complexity index is 552. The Hall–Kier alpha value is -1.42. The van der Waals surface area contributed by atoms with Crippen LogP contribution >= 0.6 is 15.9 Å². The van der Waals surface area contributed by atoms with Gasteiger partial charge in [-0.1, -0.05) is 17.7 Å². The van der Waals surface area contributed by atoms with Crippen LogP contribution in [0.5, 0.6) is 0 Å². The first-order valence-electron chi connectivity index (χ1n) is 4.38. The predicted molar refractivity (Wildman–Crippen MR) is 61.1 cm³/mol. The standard InChI is InChI=1S/C11H8BrNO2/c1-6-2-3-7-5-9(11(14)15)13-10(12)8(7)4-6/h2-5H,1H3,(H,14,15). The smallest absolute Gasteiger partial charge is 0.354 e. The first-order chi connectivity index (χ1) is 7.08. The number of pyridine rings is 1. The summed E-state index contributed by atoms with van der Waals surface area (Å²) < 4.78 is 0.570. The molecule has 4 heteroatoms. The van der Waals surface area contributed by atoms with Gasteiger partial charge in [-0.3, -0.25) is 0 Å². The summed E-state index contributed by atoms with van der Waals surface area (Å²) in [4.78, 5) is 14.7. The summed E-state index contributed by atoms with van der Waals surface area (Å²) in [6, 6.07) is 7.38. The Balaban J connectivity index is 2.78. The molecule has 1 N–H and O–H groups in total. The fourth-order valence-electron chi connectivity index (χ4n) is 1.43. The predicted octanol–water partition coefficient (Wildman–Crippen LogP) is 3.00. The molecule has 2 aromatic rings. The van der Waals surface area contributed by atoms with E-state index in [9.17, 15) is 4.79 Å². The molecule has 0 unspecified atom stereocenters. The molecule has 0 aliphatic rings. The number of carboxylic acids is 1. The third-order valence-corrected chi connectivity index (χ3v) is 2.77. The molecule has 0 saturated heterocycles. The second-order valence-electron chi connectivity index (χ2n) is 3.33. The number of rotatable bonds is 1. The molecule has 0 fully saturated rings. The van der Waals surface area contributed by atoms with Gasteiger partial charge in [-0.25, -0.2) is 9.78 Å². The monoisotopic (exact) mass is 265 g/mol. The Kier molecular flexibility index (Phi) is 2.44. The van der Waals surface area contributed by atoms with E-state index in [2.05, 4.69) is 20.9 Å². The number of nitrogens with zero attached hydrogens (tertiary/aromatic N) is 1. The first kappa shape index (κ1) is 10.1. The van der Waals surface area contributed by atoms with Crippen molar-refractivity contribution in [2.24, 2.45) is 0 Å². The highest BCUT2D eigenvalue weighted by Crippen LogP contribution is 2.24. The number of hydrogen-bond donors (Lipinski definition) is 1. The van der Waals surface area contributed by atoms with Gasteiger partial charge in [0.15, 0.2) is 0 Å². The van der Waals surface area contributed by atoms with E-state index in [1.807, 2.05) is 25.1 Å². The van der Waals surface area contributed by atoms with E-state index in [1.54, 1.807) is 6.07 Å². The van der Waals surface area contributed by atoms with Crippen LogP contribution < -0.4 is 0 Å². The zero-order chi connectivity index (χ0) is 11.0. The lowest BCUT2D eigenvalue weighted by molar-refractivity contribution is 0.0690. The molecule has 0 atom stereocenters. The Morgan fingerprint density at radius 3 is 2.80 bits per heavy atom. The number of carbonyl (C=O) groups is 1. The summed E-state index contributed by atoms with van der Waals surface area (Å²) in [7, 11) is 0. The number of aryl methyl sites for hydroxylation is 1. The first-order valence-corrected chi connectivity index (χ1v) is 5.17. The van der Waals surface area contributed by atoms with Crippen LogP contribution in [-0.4, -0.2) is 16.1 Å². The van der Waals surface area contributed by atoms with E-state index in [0.717, 1.165) is 16.3 Å². The van der Waals surface area contributed by atoms with Gasteiger partial charge in [0.2, 0.25) is 0 Å². The van der Waals surface area contributed by atoms with Crippen LogP contribution in [-0.2, 0) is 0 Å². The van der Waals surface area contributed by atoms with E-state index in [0.29, 0.717) is 4.60 Å². The number of aromatic carboxylic acids is 1. The van der Waals surface area contributed by atoms with Gasteiger partial charge in [-0.05, 0) is 40.4 Å². The molecule has 0 aliphatic heterocycles. The minimum atomic E-state index is -1.02. The van der Waals surface area contributed by atoms with E-state index < -0.39 is 5.97 Å². The maximum Gasteiger partial charge on any atom is 0.354 e. The highest BCUT2D eigenvalue weighted by molar-refractivity contribution is 9.10. The Labute approximate surface area is 94.9 Å². The minimum Gasteiger partial charge on any atom is -0.477 e. The molecule has 15 heavy (non-hydrogen) atoms. The van der Waals surface area contributed by atoms with Crippen LogP contribution in [0.2, 0.25) is 0 Å². The number of fused-ring (bicyclic) bond motifs is 1. The molecule has 0 spiro atoms. The van der Waals surface area contributed by atoms with Crippen molar-refractivity contribution in [1.29, 1.82) is 0 Å². The minimum absolute atomic E-state index is 0.0539. The normalized spacial score (nSPS) is 10.5. The third-order valence-electron chi connectivity index (χ3n) is 2.16. The van der Waals surface area contributed by atoms with Gasteiger partial charge in [0.05, 0.1) is 0 Å². The average molecular weight is 266 g/mol. The van der Waals surface area contributed by atoms with Crippen molar-refractivity contribution in [3.8, 4) is 0 Å². The van der Waals surface area contributed by atoms with Crippen molar-refractivity contribution in [1.82, 2.24) is 4.98 Å². The van der Waals surface area contributed by atoms with Crippen LogP contribution in [0.15, 0.2) is 28.9 Å². The van der Waals surface area contributed by atoms with Gasteiger partial charge in [0.25, 0.3) is 0 Å². The molecule has 76 valence electrons. The fourth-order valence-corrected chi connectivity index (χ4v) is 1.96. The number of halogens is 1. The summed E-state index contributed by atoms with van der Waals surface area (Å²) in [5.41, 5.74) is 1.17. The third kappa shape index (κ3) is 1.85. The van der Waals surface area contributed by atoms with E-state index >= 15 is 0 Å². The number of benzene rings is 1. The molecule has 0 amide bonds.